The zero-order chi connectivity index (χ0) is 24.4. The van der Waals surface area contributed by atoms with Crippen LogP contribution < -0.4 is 5.56 Å². The van der Waals surface area contributed by atoms with Gasteiger partial charge in [-0.3, -0.25) is 13.9 Å². The average Bonchev–Trinajstić information content (AvgIpc) is 3.18. The van der Waals surface area contributed by atoms with Crippen molar-refractivity contribution in [1.29, 1.82) is 0 Å². The summed E-state index contributed by atoms with van der Waals surface area (Å²) >= 11 is 0. The van der Waals surface area contributed by atoms with Crippen LogP contribution in [-0.4, -0.2) is 37.3 Å². The fraction of sp³-hybridized carbons (Fsp3) is 0.357. The van der Waals surface area contributed by atoms with Gasteiger partial charge in [0.25, 0.3) is 5.56 Å². The first-order valence-corrected chi connectivity index (χ1v) is 12.5. The molecule has 0 amide bonds. The molecule has 0 fully saturated rings. The van der Waals surface area contributed by atoms with Crippen LogP contribution in [0.4, 0.5) is 0 Å². The maximum Gasteiger partial charge on any atom is 0.265 e. The van der Waals surface area contributed by atoms with Crippen molar-refractivity contribution in [2.45, 2.75) is 53.0 Å². The van der Waals surface area contributed by atoms with E-state index in [1.165, 1.54) is 5.56 Å². The summed E-state index contributed by atoms with van der Waals surface area (Å²) in [6.45, 7) is 7.88. The molecule has 5 rings (SSSR count). The number of ether oxygens (including phenoxy) is 1. The first kappa shape index (κ1) is 23.2. The van der Waals surface area contributed by atoms with Crippen LogP contribution in [0, 0.1) is 6.92 Å². The maximum atomic E-state index is 13.8. The highest BCUT2D eigenvalue weighted by Crippen LogP contribution is 2.29. The minimum atomic E-state index is -0.0862. The van der Waals surface area contributed by atoms with Gasteiger partial charge in [-0.25, -0.2) is 15.0 Å². The van der Waals surface area contributed by atoms with Crippen LogP contribution in [0.15, 0.2) is 53.3 Å². The molecule has 0 radical (unpaired) electrons. The molecule has 180 valence electrons. The van der Waals surface area contributed by atoms with Crippen molar-refractivity contribution < 1.29 is 4.74 Å². The van der Waals surface area contributed by atoms with Crippen molar-refractivity contribution in [1.82, 2.24) is 24.1 Å². The smallest absolute Gasteiger partial charge is 0.265 e. The van der Waals surface area contributed by atoms with Crippen LogP contribution >= 0.6 is 0 Å². The lowest BCUT2D eigenvalue weighted by molar-refractivity contribution is 0.141. The zero-order valence-corrected chi connectivity index (χ0v) is 20.6. The lowest BCUT2D eigenvalue weighted by Crippen LogP contribution is -2.24. The quantitative estimate of drug-likeness (QED) is 0.272. The second kappa shape index (κ2) is 9.96. The van der Waals surface area contributed by atoms with E-state index in [1.54, 1.807) is 4.57 Å². The van der Waals surface area contributed by atoms with Gasteiger partial charge in [0.1, 0.15) is 16.7 Å². The van der Waals surface area contributed by atoms with Crippen molar-refractivity contribution in [3.63, 3.8) is 0 Å². The number of hydrogen-bond donors (Lipinski definition) is 0. The number of fused-ring (bicyclic) bond motifs is 4. The molecular formula is C28H31N5O2. The Hall–Kier alpha value is -3.58. The maximum absolute atomic E-state index is 13.8. The highest BCUT2D eigenvalue weighted by molar-refractivity contribution is 6.05. The van der Waals surface area contributed by atoms with Gasteiger partial charge in [0.05, 0.1) is 11.0 Å². The van der Waals surface area contributed by atoms with Gasteiger partial charge < -0.3 is 4.74 Å². The van der Waals surface area contributed by atoms with Crippen molar-refractivity contribution in [2.75, 3.05) is 13.2 Å². The second-order valence-corrected chi connectivity index (χ2v) is 8.85. The minimum Gasteiger partial charge on any atom is -0.382 e. The van der Waals surface area contributed by atoms with E-state index in [-0.39, 0.29) is 5.56 Å². The lowest BCUT2D eigenvalue weighted by Gasteiger charge is -2.11. The number of hydrogen-bond acceptors (Lipinski definition) is 5. The molecule has 0 bridgehead atoms. The summed E-state index contributed by atoms with van der Waals surface area (Å²) in [5.74, 6) is 0.673. The molecule has 0 aliphatic heterocycles. The van der Waals surface area contributed by atoms with Crippen LogP contribution in [0.5, 0.6) is 0 Å². The van der Waals surface area contributed by atoms with Crippen molar-refractivity contribution in [3.8, 4) is 5.69 Å². The van der Waals surface area contributed by atoms with E-state index >= 15 is 0 Å². The molecule has 3 aromatic heterocycles. The van der Waals surface area contributed by atoms with Crippen LogP contribution in [0.1, 0.15) is 44.5 Å². The molecule has 7 nitrogen and oxygen atoms in total. The summed E-state index contributed by atoms with van der Waals surface area (Å²) in [5, 5.41) is 0.510. The molecular weight excluding hydrogens is 438 g/mol. The summed E-state index contributed by atoms with van der Waals surface area (Å²) in [4.78, 5) is 28.5. The lowest BCUT2D eigenvalue weighted by atomic mass is 10.1. The zero-order valence-electron chi connectivity index (χ0n) is 20.6. The predicted octanol–water partition coefficient (Wildman–Crippen LogP) is 5.36. The molecule has 5 aromatic rings. The first-order valence-electron chi connectivity index (χ1n) is 12.5. The molecule has 0 saturated carbocycles. The number of para-hydroxylation sites is 2. The summed E-state index contributed by atoms with van der Waals surface area (Å²) in [6, 6.07) is 16.2. The van der Waals surface area contributed by atoms with Crippen molar-refractivity contribution in [2.24, 2.45) is 0 Å². The molecule has 2 aromatic carbocycles. The molecule has 7 heteroatoms. The molecule has 0 N–H and O–H groups in total. The van der Waals surface area contributed by atoms with Gasteiger partial charge in [-0.15, -0.1) is 0 Å². The molecule has 0 atom stereocenters. The Labute approximate surface area is 204 Å². The van der Waals surface area contributed by atoms with Gasteiger partial charge in [-0.1, -0.05) is 37.6 Å². The van der Waals surface area contributed by atoms with Gasteiger partial charge in [0.2, 0.25) is 0 Å². The van der Waals surface area contributed by atoms with Crippen LogP contribution in [-0.2, 0) is 17.7 Å². The standard InChI is InChI=1S/C28H31N5O2/c1-4-6-10-20-13-15-21(16-14-20)33-26-24(25-27(33)31-23-12-8-7-11-22(23)30-25)28(34)32(19(3)29-26)17-9-18-35-5-2/h7-8,11-16H,4-6,9-10,17-18H2,1-3H3. The Morgan fingerprint density at radius 3 is 2.34 bits per heavy atom. The van der Waals surface area contributed by atoms with E-state index in [0.29, 0.717) is 47.8 Å². The Morgan fingerprint density at radius 2 is 1.63 bits per heavy atom. The summed E-state index contributed by atoms with van der Waals surface area (Å²) in [7, 11) is 0. The second-order valence-electron chi connectivity index (χ2n) is 8.85. The molecule has 0 saturated heterocycles. The Balaban J connectivity index is 1.74. The van der Waals surface area contributed by atoms with E-state index in [4.69, 9.17) is 19.7 Å². The third-order valence-electron chi connectivity index (χ3n) is 6.44. The molecule has 0 unspecified atom stereocenters. The van der Waals surface area contributed by atoms with Crippen molar-refractivity contribution >= 4 is 33.2 Å². The molecule has 3 heterocycles. The van der Waals surface area contributed by atoms with Gasteiger partial charge in [-0.2, -0.15) is 0 Å². The van der Waals surface area contributed by atoms with Gasteiger partial charge in [0.15, 0.2) is 11.3 Å². The first-order chi connectivity index (χ1) is 17.1. The topological polar surface area (TPSA) is 74.8 Å². The third kappa shape index (κ3) is 4.32. The van der Waals surface area contributed by atoms with Crippen LogP contribution in [0.2, 0.25) is 0 Å². The SMILES string of the molecule is CCCCc1ccc(-n2c3nc4ccccc4nc3c3c(=O)n(CCCOCC)c(C)nc32)cc1. The Bertz CT molecular complexity index is 1550. The van der Waals surface area contributed by atoms with E-state index in [9.17, 15) is 4.79 Å². The molecule has 0 aliphatic carbocycles. The monoisotopic (exact) mass is 469 g/mol. The fourth-order valence-corrected chi connectivity index (χ4v) is 4.60. The number of benzene rings is 2. The highest BCUT2D eigenvalue weighted by atomic mass is 16.5. The molecule has 35 heavy (non-hydrogen) atoms. The fourth-order valence-electron chi connectivity index (χ4n) is 4.60. The normalized spacial score (nSPS) is 11.7. The average molecular weight is 470 g/mol. The van der Waals surface area contributed by atoms with Crippen LogP contribution in [0.25, 0.3) is 38.9 Å². The highest BCUT2D eigenvalue weighted by Gasteiger charge is 2.22. The van der Waals surface area contributed by atoms with E-state index in [2.05, 4.69) is 31.2 Å². The number of unbranched alkanes of at least 4 members (excludes halogenated alkanes) is 1. The predicted molar refractivity (Wildman–Crippen MR) is 140 cm³/mol. The number of aromatic nitrogens is 5. The van der Waals surface area contributed by atoms with E-state index in [0.717, 1.165) is 42.4 Å². The van der Waals surface area contributed by atoms with Gasteiger partial charge >= 0.3 is 0 Å². The van der Waals surface area contributed by atoms with Crippen molar-refractivity contribution in [3.05, 3.63) is 70.3 Å². The molecule has 0 aliphatic rings. The summed E-state index contributed by atoms with van der Waals surface area (Å²) < 4.78 is 9.19. The minimum absolute atomic E-state index is 0.0862. The number of aryl methyl sites for hydroxylation is 2. The van der Waals surface area contributed by atoms with Gasteiger partial charge in [0, 0.05) is 25.4 Å². The Kier molecular flexibility index (Phi) is 6.59. The third-order valence-corrected chi connectivity index (χ3v) is 6.44. The van der Waals surface area contributed by atoms with E-state index in [1.807, 2.05) is 42.7 Å². The summed E-state index contributed by atoms with van der Waals surface area (Å²) in [6.07, 6.45) is 4.12. The van der Waals surface area contributed by atoms with E-state index < -0.39 is 0 Å². The number of nitrogens with zero attached hydrogens (tertiary/aromatic N) is 5. The largest absolute Gasteiger partial charge is 0.382 e. The number of rotatable bonds is 9. The Morgan fingerprint density at radius 1 is 0.886 bits per heavy atom. The molecule has 0 spiro atoms. The summed E-state index contributed by atoms with van der Waals surface area (Å²) in [5.41, 5.74) is 5.52. The van der Waals surface area contributed by atoms with Gasteiger partial charge in [-0.05, 0) is 62.9 Å². The van der Waals surface area contributed by atoms with Crippen LogP contribution in [0.3, 0.4) is 0 Å².